The Balaban J connectivity index is 2.44. The SMILES string of the molecule is CCCCS(=O)(=O)N[C@@H](C)C(=O)OCC(=O)N[C@@H](C)c1cccc(Cl)c1. The zero-order valence-electron chi connectivity index (χ0n) is 15.1. The summed E-state index contributed by atoms with van der Waals surface area (Å²) in [7, 11) is -3.55. The molecule has 0 spiro atoms. The minimum atomic E-state index is -3.55. The van der Waals surface area contributed by atoms with Gasteiger partial charge in [-0.25, -0.2) is 13.1 Å². The van der Waals surface area contributed by atoms with Crippen LogP contribution in [0, 0.1) is 0 Å². The van der Waals surface area contributed by atoms with Gasteiger partial charge in [-0.1, -0.05) is 37.1 Å². The lowest BCUT2D eigenvalue weighted by molar-refractivity contribution is -0.149. The van der Waals surface area contributed by atoms with Crippen LogP contribution in [0.25, 0.3) is 0 Å². The molecule has 0 aliphatic carbocycles. The molecule has 1 aromatic carbocycles. The predicted octanol–water partition coefficient (Wildman–Crippen LogP) is 2.17. The van der Waals surface area contributed by atoms with Crippen molar-refractivity contribution in [1.29, 1.82) is 0 Å². The number of ether oxygens (including phenoxy) is 1. The van der Waals surface area contributed by atoms with Gasteiger partial charge < -0.3 is 10.1 Å². The highest BCUT2D eigenvalue weighted by molar-refractivity contribution is 7.89. The molecule has 26 heavy (non-hydrogen) atoms. The van der Waals surface area contributed by atoms with Gasteiger partial charge in [-0.15, -0.1) is 0 Å². The number of carbonyl (C=O) groups is 2. The molecule has 0 radical (unpaired) electrons. The van der Waals surface area contributed by atoms with Gasteiger partial charge in [0, 0.05) is 5.02 Å². The second kappa shape index (κ2) is 10.5. The summed E-state index contributed by atoms with van der Waals surface area (Å²) in [5.74, 6) is -1.36. The number of nitrogens with one attached hydrogen (secondary N) is 2. The second-order valence-corrected chi connectivity index (χ2v) is 8.27. The van der Waals surface area contributed by atoms with Crippen LogP contribution < -0.4 is 10.0 Å². The van der Waals surface area contributed by atoms with Crippen LogP contribution in [0.3, 0.4) is 0 Å². The molecule has 9 heteroatoms. The van der Waals surface area contributed by atoms with Gasteiger partial charge in [0.05, 0.1) is 11.8 Å². The largest absolute Gasteiger partial charge is 0.454 e. The summed E-state index contributed by atoms with van der Waals surface area (Å²) in [5.41, 5.74) is 0.814. The Labute approximate surface area is 159 Å². The van der Waals surface area contributed by atoms with E-state index in [1.165, 1.54) is 6.92 Å². The standard InChI is InChI=1S/C17H25ClN2O5S/c1-4-5-9-26(23,24)20-13(3)17(22)25-11-16(21)19-12(2)14-7-6-8-15(18)10-14/h6-8,10,12-13,20H,4-5,9,11H2,1-3H3,(H,19,21)/t12-,13-/m0/s1. The van der Waals surface area contributed by atoms with E-state index in [4.69, 9.17) is 16.3 Å². The third kappa shape index (κ3) is 8.16. The lowest BCUT2D eigenvalue weighted by Crippen LogP contribution is -2.42. The van der Waals surface area contributed by atoms with Crippen molar-refractivity contribution < 1.29 is 22.7 Å². The first-order valence-corrected chi connectivity index (χ1v) is 10.4. The van der Waals surface area contributed by atoms with E-state index in [1.807, 2.05) is 13.0 Å². The van der Waals surface area contributed by atoms with Gasteiger partial charge >= 0.3 is 5.97 Å². The van der Waals surface area contributed by atoms with Gasteiger partial charge in [0.2, 0.25) is 10.0 Å². The van der Waals surface area contributed by atoms with Crippen LogP contribution in [0.15, 0.2) is 24.3 Å². The molecule has 0 heterocycles. The van der Waals surface area contributed by atoms with Gasteiger partial charge in [0.15, 0.2) is 6.61 Å². The van der Waals surface area contributed by atoms with Crippen molar-refractivity contribution in [2.45, 2.75) is 45.7 Å². The molecule has 2 N–H and O–H groups in total. The van der Waals surface area contributed by atoms with Crippen LogP contribution in [0.2, 0.25) is 5.02 Å². The predicted molar refractivity (Wildman–Crippen MR) is 100 cm³/mol. The summed E-state index contributed by atoms with van der Waals surface area (Å²) in [6.07, 6.45) is 1.23. The Bertz CT molecular complexity index is 724. The Morgan fingerprint density at radius 1 is 1.27 bits per heavy atom. The van der Waals surface area contributed by atoms with Gasteiger partial charge in [-0.2, -0.15) is 0 Å². The number of carbonyl (C=O) groups excluding carboxylic acids is 2. The number of esters is 1. The van der Waals surface area contributed by atoms with E-state index in [0.717, 1.165) is 12.0 Å². The van der Waals surface area contributed by atoms with E-state index in [1.54, 1.807) is 25.1 Å². The van der Waals surface area contributed by atoms with E-state index < -0.39 is 34.5 Å². The molecule has 0 aliphatic heterocycles. The van der Waals surface area contributed by atoms with Crippen LogP contribution in [0.4, 0.5) is 0 Å². The molecular formula is C17H25ClN2O5S. The van der Waals surface area contributed by atoms with E-state index in [0.29, 0.717) is 11.4 Å². The summed E-state index contributed by atoms with van der Waals surface area (Å²) in [6.45, 7) is 4.52. The zero-order chi connectivity index (χ0) is 19.7. The molecule has 1 amide bonds. The molecule has 0 bridgehead atoms. The molecule has 0 aromatic heterocycles. The molecule has 0 fully saturated rings. The Morgan fingerprint density at radius 3 is 2.58 bits per heavy atom. The molecule has 0 saturated carbocycles. The summed E-state index contributed by atoms with van der Waals surface area (Å²) in [4.78, 5) is 23.8. The molecule has 7 nitrogen and oxygen atoms in total. The summed E-state index contributed by atoms with van der Waals surface area (Å²) in [5, 5.41) is 3.24. The Morgan fingerprint density at radius 2 is 1.96 bits per heavy atom. The zero-order valence-corrected chi connectivity index (χ0v) is 16.7. The molecule has 146 valence electrons. The molecule has 2 atom stereocenters. The minimum absolute atomic E-state index is 0.0568. The smallest absolute Gasteiger partial charge is 0.324 e. The fourth-order valence-electron chi connectivity index (χ4n) is 2.11. The number of hydrogen-bond acceptors (Lipinski definition) is 5. The first-order valence-electron chi connectivity index (χ1n) is 8.36. The number of unbranched alkanes of at least 4 members (excludes halogenated alkanes) is 1. The molecule has 1 aromatic rings. The van der Waals surface area contributed by atoms with E-state index in [2.05, 4.69) is 10.0 Å². The maximum absolute atomic E-state index is 11.9. The minimum Gasteiger partial charge on any atom is -0.454 e. The average molecular weight is 405 g/mol. The quantitative estimate of drug-likeness (QED) is 0.582. The fraction of sp³-hybridized carbons (Fsp3) is 0.529. The van der Waals surface area contributed by atoms with Gasteiger partial charge in [0.25, 0.3) is 5.91 Å². The van der Waals surface area contributed by atoms with Crippen molar-refractivity contribution in [3.63, 3.8) is 0 Å². The van der Waals surface area contributed by atoms with E-state index in [9.17, 15) is 18.0 Å². The van der Waals surface area contributed by atoms with Gasteiger partial charge in [-0.05, 0) is 38.0 Å². The summed E-state index contributed by atoms with van der Waals surface area (Å²) >= 11 is 5.91. The van der Waals surface area contributed by atoms with Crippen molar-refractivity contribution in [3.8, 4) is 0 Å². The van der Waals surface area contributed by atoms with Crippen LogP contribution >= 0.6 is 11.6 Å². The highest BCUT2D eigenvalue weighted by Gasteiger charge is 2.22. The third-order valence-electron chi connectivity index (χ3n) is 3.55. The monoisotopic (exact) mass is 404 g/mol. The molecule has 0 aliphatic rings. The normalized spacial score (nSPS) is 13.7. The van der Waals surface area contributed by atoms with Crippen LogP contribution in [-0.4, -0.2) is 38.7 Å². The molecule has 0 unspecified atom stereocenters. The van der Waals surface area contributed by atoms with Crippen molar-refractivity contribution in [3.05, 3.63) is 34.9 Å². The number of rotatable bonds is 10. The maximum Gasteiger partial charge on any atom is 0.324 e. The fourth-order valence-corrected chi connectivity index (χ4v) is 3.74. The second-order valence-electron chi connectivity index (χ2n) is 5.96. The number of hydrogen-bond donors (Lipinski definition) is 2. The number of sulfonamides is 1. The lowest BCUT2D eigenvalue weighted by Gasteiger charge is -2.16. The maximum atomic E-state index is 11.9. The van der Waals surface area contributed by atoms with Crippen molar-refractivity contribution in [2.24, 2.45) is 0 Å². The van der Waals surface area contributed by atoms with Crippen LogP contribution in [0.1, 0.15) is 45.2 Å². The lowest BCUT2D eigenvalue weighted by atomic mass is 10.1. The van der Waals surface area contributed by atoms with Crippen LogP contribution in [-0.2, 0) is 24.3 Å². The average Bonchev–Trinajstić information content (AvgIpc) is 2.57. The topological polar surface area (TPSA) is 102 Å². The highest BCUT2D eigenvalue weighted by Crippen LogP contribution is 2.17. The van der Waals surface area contributed by atoms with Gasteiger partial charge in [0.1, 0.15) is 6.04 Å². The van der Waals surface area contributed by atoms with Crippen molar-refractivity contribution in [2.75, 3.05) is 12.4 Å². The number of benzene rings is 1. The van der Waals surface area contributed by atoms with Gasteiger partial charge in [-0.3, -0.25) is 9.59 Å². The van der Waals surface area contributed by atoms with Crippen LogP contribution in [0.5, 0.6) is 0 Å². The summed E-state index contributed by atoms with van der Waals surface area (Å²) in [6, 6.07) is 5.67. The van der Waals surface area contributed by atoms with E-state index in [-0.39, 0.29) is 11.8 Å². The number of halogens is 1. The molecule has 0 saturated heterocycles. The first kappa shape index (κ1) is 22.4. The van der Waals surface area contributed by atoms with E-state index >= 15 is 0 Å². The number of amides is 1. The third-order valence-corrected chi connectivity index (χ3v) is 5.32. The summed E-state index contributed by atoms with van der Waals surface area (Å²) < 4.78 is 30.6. The molecule has 1 rings (SSSR count). The Kier molecular flexibility index (Phi) is 9.04. The highest BCUT2D eigenvalue weighted by atomic mass is 35.5. The molecular weight excluding hydrogens is 380 g/mol. The first-order chi connectivity index (χ1) is 12.1. The Hall–Kier alpha value is -1.64. The van der Waals surface area contributed by atoms with Crippen molar-refractivity contribution in [1.82, 2.24) is 10.0 Å². The van der Waals surface area contributed by atoms with Crippen molar-refractivity contribution >= 4 is 33.5 Å².